The minimum Gasteiger partial charge on any atom is -0.478 e. The number of hydrogen-bond donors (Lipinski definition) is 1. The Bertz CT molecular complexity index is 1480. The highest BCUT2D eigenvalue weighted by Crippen LogP contribution is 2.37. The quantitative estimate of drug-likeness (QED) is 0.349. The number of aromatic nitrogens is 1. The second-order valence-corrected chi connectivity index (χ2v) is 8.41. The van der Waals surface area contributed by atoms with Gasteiger partial charge in [0.1, 0.15) is 23.2 Å². The van der Waals surface area contributed by atoms with E-state index in [1.165, 1.54) is 29.2 Å². The van der Waals surface area contributed by atoms with Crippen LogP contribution in [0.2, 0.25) is 0 Å². The van der Waals surface area contributed by atoms with Crippen molar-refractivity contribution in [3.8, 4) is 11.3 Å². The number of aliphatic imine (C=N–C) groups is 1. The van der Waals surface area contributed by atoms with Gasteiger partial charge in [-0.15, -0.1) is 0 Å². The molecule has 1 aliphatic heterocycles. The minimum atomic E-state index is -1.03. The fourth-order valence-corrected chi connectivity index (χ4v) is 4.35. The van der Waals surface area contributed by atoms with E-state index in [1.807, 2.05) is 18.2 Å². The van der Waals surface area contributed by atoms with E-state index in [0.717, 1.165) is 18.0 Å². The molecule has 7 nitrogen and oxygen atoms in total. The molecule has 4 aromatic rings. The number of furan rings is 1. The van der Waals surface area contributed by atoms with Crippen LogP contribution in [-0.4, -0.2) is 27.1 Å². The number of pyridine rings is 1. The average Bonchev–Trinajstić information content (AvgIpc) is 3.45. The lowest BCUT2D eigenvalue weighted by Gasteiger charge is -2.14. The standard InChI is InChI=1S/C26H16FN3O4S/c27-18-9-12-23(28-15-18)30-24(31)22(35-26(30)29-19-7-2-1-3-8-19)14-20-10-11-21(34-20)16-5-4-6-17(13-16)25(32)33/h1-15H,(H,32,33)/b22-14-,29-26?. The number of carbonyl (C=O) groups excluding carboxylic acids is 1. The Hall–Kier alpha value is -4.50. The summed E-state index contributed by atoms with van der Waals surface area (Å²) in [7, 11) is 0. The first-order valence-corrected chi connectivity index (χ1v) is 11.2. The lowest BCUT2D eigenvalue weighted by molar-refractivity contribution is -0.113. The van der Waals surface area contributed by atoms with Crippen molar-refractivity contribution in [2.75, 3.05) is 4.90 Å². The van der Waals surface area contributed by atoms with Crippen molar-refractivity contribution in [3.05, 3.63) is 107 Å². The maximum absolute atomic E-state index is 13.4. The van der Waals surface area contributed by atoms with Crippen molar-refractivity contribution in [1.29, 1.82) is 0 Å². The normalized spacial score (nSPS) is 15.8. The van der Waals surface area contributed by atoms with Gasteiger partial charge in [0.05, 0.1) is 22.4 Å². The number of amidine groups is 1. The van der Waals surface area contributed by atoms with Crippen molar-refractivity contribution in [2.24, 2.45) is 4.99 Å². The summed E-state index contributed by atoms with van der Waals surface area (Å²) in [4.78, 5) is 34.9. The van der Waals surface area contributed by atoms with Crippen LogP contribution >= 0.6 is 11.8 Å². The molecule has 0 spiro atoms. The number of aromatic carboxylic acids is 1. The Labute approximate surface area is 203 Å². The second kappa shape index (κ2) is 9.40. The summed E-state index contributed by atoms with van der Waals surface area (Å²) in [5.74, 6) is -0.814. The van der Waals surface area contributed by atoms with Gasteiger partial charge in [-0.25, -0.2) is 24.1 Å². The predicted molar refractivity (Wildman–Crippen MR) is 132 cm³/mol. The highest BCUT2D eigenvalue weighted by Gasteiger charge is 2.36. The predicted octanol–water partition coefficient (Wildman–Crippen LogP) is 5.99. The summed E-state index contributed by atoms with van der Waals surface area (Å²) >= 11 is 1.14. The SMILES string of the molecule is O=C(O)c1cccc(-c2ccc(/C=C3\SC(=Nc4ccccc4)N(c4ccc(F)cn4)C3=O)o2)c1. The number of carboxylic acid groups (broad SMARTS) is 1. The molecular formula is C26H16FN3O4S. The Morgan fingerprint density at radius 3 is 2.63 bits per heavy atom. The highest BCUT2D eigenvalue weighted by atomic mass is 32.2. The van der Waals surface area contributed by atoms with Crippen molar-refractivity contribution in [3.63, 3.8) is 0 Å². The number of hydrogen-bond acceptors (Lipinski definition) is 6. The molecule has 5 rings (SSSR count). The van der Waals surface area contributed by atoms with Gasteiger partial charge in [0.2, 0.25) is 0 Å². The first kappa shape index (κ1) is 22.3. The fourth-order valence-electron chi connectivity index (χ4n) is 3.38. The first-order chi connectivity index (χ1) is 17.0. The van der Waals surface area contributed by atoms with Gasteiger partial charge in [0, 0.05) is 11.6 Å². The molecule has 1 N–H and O–H groups in total. The van der Waals surface area contributed by atoms with Gasteiger partial charge < -0.3 is 9.52 Å². The average molecular weight is 485 g/mol. The molecule has 1 amide bonds. The summed E-state index contributed by atoms with van der Waals surface area (Å²) < 4.78 is 19.3. The molecule has 9 heteroatoms. The van der Waals surface area contributed by atoms with E-state index in [4.69, 9.17) is 4.42 Å². The van der Waals surface area contributed by atoms with Crippen molar-refractivity contribution in [1.82, 2.24) is 4.98 Å². The summed E-state index contributed by atoms with van der Waals surface area (Å²) in [5.41, 5.74) is 1.39. The molecule has 172 valence electrons. The number of nitrogens with zero attached hydrogens (tertiary/aromatic N) is 3. The molecule has 1 aliphatic rings. The van der Waals surface area contributed by atoms with Crippen LogP contribution < -0.4 is 4.90 Å². The van der Waals surface area contributed by atoms with Gasteiger partial charge in [-0.1, -0.05) is 30.3 Å². The number of carbonyl (C=O) groups is 2. The summed E-state index contributed by atoms with van der Waals surface area (Å²) in [6, 6.07) is 21.6. The van der Waals surface area contributed by atoms with Crippen molar-refractivity contribution >= 4 is 46.4 Å². The smallest absolute Gasteiger partial charge is 0.335 e. The number of para-hydroxylation sites is 1. The molecule has 3 heterocycles. The number of carboxylic acids is 1. The zero-order valence-corrected chi connectivity index (χ0v) is 18.8. The monoisotopic (exact) mass is 485 g/mol. The molecule has 2 aromatic carbocycles. The molecule has 0 atom stereocenters. The maximum Gasteiger partial charge on any atom is 0.335 e. The summed E-state index contributed by atoms with van der Waals surface area (Å²) in [6.45, 7) is 0. The number of amides is 1. The van der Waals surface area contributed by atoms with Gasteiger partial charge in [-0.2, -0.15) is 0 Å². The van der Waals surface area contributed by atoms with Crippen LogP contribution in [0.5, 0.6) is 0 Å². The van der Waals surface area contributed by atoms with E-state index in [-0.39, 0.29) is 17.3 Å². The van der Waals surface area contributed by atoms with Crippen LogP contribution in [0.25, 0.3) is 17.4 Å². The zero-order chi connectivity index (χ0) is 24.4. The van der Waals surface area contributed by atoms with E-state index in [0.29, 0.717) is 32.8 Å². The molecule has 1 fully saturated rings. The number of halogens is 1. The van der Waals surface area contributed by atoms with E-state index in [2.05, 4.69) is 9.98 Å². The van der Waals surface area contributed by atoms with Gasteiger partial charge >= 0.3 is 5.97 Å². The summed E-state index contributed by atoms with van der Waals surface area (Å²) in [6.07, 6.45) is 2.63. The lowest BCUT2D eigenvalue weighted by Crippen LogP contribution is -2.29. The number of anilines is 1. The number of thioether (sulfide) groups is 1. The van der Waals surface area contributed by atoms with Crippen LogP contribution in [0.4, 0.5) is 15.9 Å². The molecule has 0 unspecified atom stereocenters. The molecule has 0 bridgehead atoms. The van der Waals surface area contributed by atoms with Gasteiger partial charge in [-0.05, 0) is 60.3 Å². The third-order valence-electron chi connectivity index (χ3n) is 5.02. The van der Waals surface area contributed by atoms with E-state index < -0.39 is 11.8 Å². The van der Waals surface area contributed by atoms with E-state index in [9.17, 15) is 19.1 Å². The lowest BCUT2D eigenvalue weighted by atomic mass is 10.1. The molecule has 1 saturated heterocycles. The topological polar surface area (TPSA) is 96.0 Å². The molecule has 0 radical (unpaired) electrons. The molecule has 35 heavy (non-hydrogen) atoms. The van der Waals surface area contributed by atoms with Gasteiger partial charge in [-0.3, -0.25) is 4.79 Å². The van der Waals surface area contributed by atoms with Crippen molar-refractivity contribution in [2.45, 2.75) is 0 Å². The van der Waals surface area contributed by atoms with Crippen LogP contribution in [0.15, 0.2) is 99.4 Å². The number of rotatable bonds is 5. The Balaban J connectivity index is 1.49. The van der Waals surface area contributed by atoms with Crippen LogP contribution in [0.1, 0.15) is 16.1 Å². The van der Waals surface area contributed by atoms with Crippen LogP contribution in [0.3, 0.4) is 0 Å². The molecule has 2 aromatic heterocycles. The van der Waals surface area contributed by atoms with E-state index >= 15 is 0 Å². The fraction of sp³-hybridized carbons (Fsp3) is 0. The van der Waals surface area contributed by atoms with Gasteiger partial charge in [0.15, 0.2) is 5.17 Å². The molecular weight excluding hydrogens is 469 g/mol. The molecule has 0 aliphatic carbocycles. The molecule has 0 saturated carbocycles. The first-order valence-electron chi connectivity index (χ1n) is 10.4. The minimum absolute atomic E-state index is 0.143. The largest absolute Gasteiger partial charge is 0.478 e. The Morgan fingerprint density at radius 2 is 1.89 bits per heavy atom. The number of benzene rings is 2. The Kier molecular flexibility index (Phi) is 5.99. The van der Waals surface area contributed by atoms with Crippen LogP contribution in [0, 0.1) is 5.82 Å². The maximum atomic E-state index is 13.4. The second-order valence-electron chi connectivity index (χ2n) is 7.40. The third kappa shape index (κ3) is 4.75. The highest BCUT2D eigenvalue weighted by molar-refractivity contribution is 8.19. The van der Waals surface area contributed by atoms with Gasteiger partial charge in [0.25, 0.3) is 5.91 Å². The summed E-state index contributed by atoms with van der Waals surface area (Å²) in [5, 5.41) is 9.59. The van der Waals surface area contributed by atoms with Crippen LogP contribution in [-0.2, 0) is 4.79 Å². The van der Waals surface area contributed by atoms with Crippen molar-refractivity contribution < 1.29 is 23.5 Å². The van der Waals surface area contributed by atoms with E-state index in [1.54, 1.807) is 42.5 Å². The third-order valence-corrected chi connectivity index (χ3v) is 5.99. The Morgan fingerprint density at radius 1 is 1.06 bits per heavy atom. The zero-order valence-electron chi connectivity index (χ0n) is 18.0.